The molecule has 2 heterocycles. The smallest absolute Gasteiger partial charge is 0.292 e. The molecular formula is C12H9N5O2S. The minimum absolute atomic E-state index is 0.104. The van der Waals surface area contributed by atoms with Crippen LogP contribution in [-0.4, -0.2) is 20.3 Å². The zero-order valence-corrected chi connectivity index (χ0v) is 10.9. The predicted molar refractivity (Wildman–Crippen MR) is 74.8 cm³/mol. The summed E-state index contributed by atoms with van der Waals surface area (Å²) in [6.07, 6.45) is 1.61. The Morgan fingerprint density at radius 2 is 2.15 bits per heavy atom. The van der Waals surface area contributed by atoms with Crippen molar-refractivity contribution in [2.24, 2.45) is 10.2 Å². The van der Waals surface area contributed by atoms with Crippen LogP contribution >= 0.6 is 11.3 Å². The van der Waals surface area contributed by atoms with Gasteiger partial charge in [0.15, 0.2) is 5.69 Å². The molecule has 0 saturated carbocycles. The van der Waals surface area contributed by atoms with Gasteiger partial charge in [0.25, 0.3) is 5.56 Å². The van der Waals surface area contributed by atoms with E-state index < -0.39 is 0 Å². The topological polar surface area (TPSA) is 106 Å². The van der Waals surface area contributed by atoms with Crippen molar-refractivity contribution < 1.29 is 5.11 Å². The number of aromatic nitrogens is 3. The van der Waals surface area contributed by atoms with Crippen molar-refractivity contribution in [3.8, 4) is 17.0 Å². The van der Waals surface area contributed by atoms with E-state index in [1.807, 2.05) is 0 Å². The molecule has 0 spiro atoms. The van der Waals surface area contributed by atoms with Crippen LogP contribution < -0.4 is 5.56 Å². The number of thiazole rings is 1. The average molecular weight is 287 g/mol. The maximum atomic E-state index is 11.7. The van der Waals surface area contributed by atoms with Gasteiger partial charge in [-0.1, -0.05) is 12.1 Å². The van der Waals surface area contributed by atoms with Crippen molar-refractivity contribution in [3.05, 3.63) is 46.2 Å². The number of nitrogens with zero attached hydrogens (tertiary/aromatic N) is 3. The fourth-order valence-electron chi connectivity index (χ4n) is 1.67. The SMILES string of the molecule is O=c1[nH][nH]c(-c2cccc(O)c2)c1N=Nc1nccs1. The largest absolute Gasteiger partial charge is 0.508 e. The van der Waals surface area contributed by atoms with E-state index in [4.69, 9.17) is 0 Å². The zero-order valence-electron chi connectivity index (χ0n) is 10.1. The monoisotopic (exact) mass is 287 g/mol. The number of phenols is 1. The van der Waals surface area contributed by atoms with Gasteiger partial charge in [0, 0.05) is 17.1 Å². The summed E-state index contributed by atoms with van der Waals surface area (Å²) in [4.78, 5) is 15.7. The van der Waals surface area contributed by atoms with E-state index >= 15 is 0 Å². The number of azo groups is 1. The second-order valence-electron chi connectivity index (χ2n) is 3.87. The molecule has 3 aromatic rings. The molecule has 0 aliphatic heterocycles. The summed E-state index contributed by atoms with van der Waals surface area (Å²) in [5.41, 5.74) is 0.858. The van der Waals surface area contributed by atoms with Gasteiger partial charge in [0.1, 0.15) is 5.75 Å². The molecule has 0 saturated heterocycles. The summed E-state index contributed by atoms with van der Waals surface area (Å²) in [6, 6.07) is 6.51. The van der Waals surface area contributed by atoms with E-state index in [-0.39, 0.29) is 17.0 Å². The van der Waals surface area contributed by atoms with E-state index in [1.54, 1.807) is 29.8 Å². The lowest BCUT2D eigenvalue weighted by molar-refractivity contribution is 0.475. The highest BCUT2D eigenvalue weighted by atomic mass is 32.1. The van der Waals surface area contributed by atoms with Crippen LogP contribution in [0.2, 0.25) is 0 Å². The number of nitrogens with one attached hydrogen (secondary N) is 2. The maximum Gasteiger partial charge on any atom is 0.292 e. The Hall–Kier alpha value is -2.74. The molecule has 0 amide bonds. The van der Waals surface area contributed by atoms with Crippen molar-refractivity contribution in [1.29, 1.82) is 0 Å². The van der Waals surface area contributed by atoms with Crippen LogP contribution in [0.5, 0.6) is 5.75 Å². The molecule has 0 unspecified atom stereocenters. The molecule has 3 rings (SSSR count). The molecule has 0 atom stereocenters. The Bertz CT molecular complexity index is 803. The van der Waals surface area contributed by atoms with Gasteiger partial charge in [-0.2, -0.15) is 0 Å². The normalized spacial score (nSPS) is 11.2. The van der Waals surface area contributed by atoms with E-state index in [2.05, 4.69) is 25.4 Å². The Morgan fingerprint density at radius 3 is 2.90 bits per heavy atom. The molecule has 0 radical (unpaired) electrons. The van der Waals surface area contributed by atoms with Crippen molar-refractivity contribution in [2.75, 3.05) is 0 Å². The summed E-state index contributed by atoms with van der Waals surface area (Å²) in [5, 5.41) is 24.7. The quantitative estimate of drug-likeness (QED) is 0.644. The third kappa shape index (κ3) is 2.36. The van der Waals surface area contributed by atoms with Crippen LogP contribution in [0.3, 0.4) is 0 Å². The number of hydrogen-bond donors (Lipinski definition) is 3. The molecule has 0 bridgehead atoms. The lowest BCUT2D eigenvalue weighted by Gasteiger charge is -1.99. The molecule has 20 heavy (non-hydrogen) atoms. The number of aromatic hydroxyl groups is 1. The lowest BCUT2D eigenvalue weighted by Crippen LogP contribution is -1.96. The van der Waals surface area contributed by atoms with Crippen molar-refractivity contribution >= 4 is 22.2 Å². The average Bonchev–Trinajstić information content (AvgIpc) is 3.06. The van der Waals surface area contributed by atoms with Crippen molar-refractivity contribution in [3.63, 3.8) is 0 Å². The van der Waals surface area contributed by atoms with Gasteiger partial charge in [0.05, 0.1) is 5.69 Å². The van der Waals surface area contributed by atoms with Gasteiger partial charge in [0.2, 0.25) is 5.13 Å². The molecule has 2 aromatic heterocycles. The summed E-state index contributed by atoms with van der Waals surface area (Å²) in [7, 11) is 0. The summed E-state index contributed by atoms with van der Waals surface area (Å²) >= 11 is 1.32. The molecule has 100 valence electrons. The zero-order chi connectivity index (χ0) is 13.9. The van der Waals surface area contributed by atoms with Gasteiger partial charge in [-0.15, -0.1) is 21.6 Å². The standard InChI is InChI=1S/C12H9N5O2S/c18-8-3-1-2-7(6-8)9-10(11(19)16-14-9)15-17-12-13-4-5-20-12/h1-6,18H,(H2,14,16,19). The van der Waals surface area contributed by atoms with Gasteiger partial charge >= 0.3 is 0 Å². The molecule has 0 aliphatic carbocycles. The number of hydrogen-bond acceptors (Lipinski definition) is 6. The van der Waals surface area contributed by atoms with Crippen LogP contribution in [0, 0.1) is 0 Å². The minimum atomic E-state index is -0.386. The molecule has 7 nitrogen and oxygen atoms in total. The van der Waals surface area contributed by atoms with Crippen LogP contribution in [0.1, 0.15) is 0 Å². The highest BCUT2D eigenvalue weighted by molar-refractivity contribution is 7.13. The Kier molecular flexibility index (Phi) is 3.13. The lowest BCUT2D eigenvalue weighted by atomic mass is 10.1. The molecule has 0 fully saturated rings. The molecular weight excluding hydrogens is 278 g/mol. The van der Waals surface area contributed by atoms with Crippen LogP contribution in [0.15, 0.2) is 50.9 Å². The van der Waals surface area contributed by atoms with E-state index in [9.17, 15) is 9.90 Å². The third-order valence-electron chi connectivity index (χ3n) is 2.54. The van der Waals surface area contributed by atoms with Crippen LogP contribution in [0.4, 0.5) is 10.8 Å². The first-order valence-electron chi connectivity index (χ1n) is 5.65. The Morgan fingerprint density at radius 1 is 1.25 bits per heavy atom. The molecule has 3 N–H and O–H groups in total. The summed E-state index contributed by atoms with van der Waals surface area (Å²) < 4.78 is 0. The first-order chi connectivity index (χ1) is 9.74. The second-order valence-corrected chi connectivity index (χ2v) is 4.74. The van der Waals surface area contributed by atoms with E-state index in [1.165, 1.54) is 17.4 Å². The highest BCUT2D eigenvalue weighted by Gasteiger charge is 2.12. The van der Waals surface area contributed by atoms with Crippen molar-refractivity contribution in [1.82, 2.24) is 15.2 Å². The summed E-state index contributed by atoms with van der Waals surface area (Å²) in [5.74, 6) is 0.104. The third-order valence-corrected chi connectivity index (χ3v) is 3.20. The van der Waals surface area contributed by atoms with Gasteiger partial charge in [-0.25, -0.2) is 4.98 Å². The van der Waals surface area contributed by atoms with Gasteiger partial charge in [-0.05, 0) is 12.1 Å². The predicted octanol–water partition coefficient (Wildman–Crippen LogP) is 2.95. The number of phenolic OH excluding ortho intramolecular Hbond substituents is 1. The minimum Gasteiger partial charge on any atom is -0.508 e. The van der Waals surface area contributed by atoms with E-state index in [0.29, 0.717) is 16.4 Å². The van der Waals surface area contributed by atoms with Crippen LogP contribution in [0.25, 0.3) is 11.3 Å². The van der Waals surface area contributed by atoms with Gasteiger partial charge in [-0.3, -0.25) is 15.0 Å². The number of rotatable bonds is 3. The first-order valence-corrected chi connectivity index (χ1v) is 6.53. The first kappa shape index (κ1) is 12.3. The number of H-pyrrole nitrogens is 2. The fourth-order valence-corrected chi connectivity index (χ4v) is 2.13. The fraction of sp³-hybridized carbons (Fsp3) is 0. The number of aromatic amines is 2. The Labute approximate surface area is 116 Å². The second kappa shape index (κ2) is 5.10. The maximum absolute atomic E-state index is 11.7. The highest BCUT2D eigenvalue weighted by Crippen LogP contribution is 2.28. The van der Waals surface area contributed by atoms with E-state index in [0.717, 1.165) is 0 Å². The summed E-state index contributed by atoms with van der Waals surface area (Å²) in [6.45, 7) is 0. The van der Waals surface area contributed by atoms with Crippen LogP contribution in [-0.2, 0) is 0 Å². The molecule has 0 aliphatic rings. The Balaban J connectivity index is 2.04. The van der Waals surface area contributed by atoms with Gasteiger partial charge < -0.3 is 5.11 Å². The number of benzene rings is 1. The molecule has 8 heteroatoms. The van der Waals surface area contributed by atoms with Crippen molar-refractivity contribution in [2.45, 2.75) is 0 Å². The molecule has 1 aromatic carbocycles.